The van der Waals surface area contributed by atoms with E-state index in [0.717, 1.165) is 13.0 Å². The Morgan fingerprint density at radius 1 is 1.17 bits per heavy atom. The average molecular weight is 249 g/mol. The van der Waals surface area contributed by atoms with E-state index in [9.17, 15) is 9.59 Å². The van der Waals surface area contributed by atoms with E-state index >= 15 is 0 Å². The molecular weight excluding hydrogens is 230 g/mol. The molecule has 0 saturated carbocycles. The molecular formula is C13H19N3O2. The van der Waals surface area contributed by atoms with E-state index in [1.807, 2.05) is 6.92 Å². The van der Waals surface area contributed by atoms with Crippen molar-refractivity contribution in [3.8, 4) is 0 Å². The van der Waals surface area contributed by atoms with Gasteiger partial charge >= 0.3 is 0 Å². The molecule has 0 bridgehead atoms. The lowest BCUT2D eigenvalue weighted by molar-refractivity contribution is -0.115. The summed E-state index contributed by atoms with van der Waals surface area (Å²) in [4.78, 5) is 22.5. The first-order valence-electron chi connectivity index (χ1n) is 6.00. The second kappa shape index (κ2) is 7.45. The van der Waals surface area contributed by atoms with E-state index in [1.165, 1.54) is 6.92 Å². The summed E-state index contributed by atoms with van der Waals surface area (Å²) in [6.45, 7) is 4.60. The van der Waals surface area contributed by atoms with E-state index in [-0.39, 0.29) is 18.4 Å². The van der Waals surface area contributed by atoms with Crippen molar-refractivity contribution >= 4 is 23.2 Å². The van der Waals surface area contributed by atoms with Gasteiger partial charge < -0.3 is 16.0 Å². The van der Waals surface area contributed by atoms with Crippen LogP contribution in [0.25, 0.3) is 0 Å². The van der Waals surface area contributed by atoms with Crippen molar-refractivity contribution < 1.29 is 9.59 Å². The Morgan fingerprint density at radius 3 is 2.44 bits per heavy atom. The van der Waals surface area contributed by atoms with Gasteiger partial charge in [-0.25, -0.2) is 0 Å². The van der Waals surface area contributed by atoms with Crippen LogP contribution in [0.3, 0.4) is 0 Å². The largest absolute Gasteiger partial charge is 0.326 e. The molecule has 0 atom stereocenters. The van der Waals surface area contributed by atoms with Gasteiger partial charge in [-0.05, 0) is 31.2 Å². The first-order valence-corrected chi connectivity index (χ1v) is 6.00. The Kier molecular flexibility index (Phi) is 5.87. The molecule has 0 fully saturated rings. The minimum Gasteiger partial charge on any atom is -0.326 e. The SMILES string of the molecule is CCCNCC(=O)Nc1cccc(NC(C)=O)c1. The van der Waals surface area contributed by atoms with Crippen LogP contribution in [-0.2, 0) is 9.59 Å². The second-order valence-corrected chi connectivity index (χ2v) is 3.99. The first kappa shape index (κ1) is 14.2. The highest BCUT2D eigenvalue weighted by Gasteiger charge is 2.02. The highest BCUT2D eigenvalue weighted by Crippen LogP contribution is 2.14. The number of hydrogen-bond acceptors (Lipinski definition) is 3. The molecule has 18 heavy (non-hydrogen) atoms. The van der Waals surface area contributed by atoms with Crippen molar-refractivity contribution in [2.75, 3.05) is 23.7 Å². The van der Waals surface area contributed by atoms with Gasteiger partial charge in [0.25, 0.3) is 0 Å². The van der Waals surface area contributed by atoms with Gasteiger partial charge in [0.15, 0.2) is 0 Å². The lowest BCUT2D eigenvalue weighted by Crippen LogP contribution is -2.28. The molecule has 0 aliphatic heterocycles. The van der Waals surface area contributed by atoms with Crippen molar-refractivity contribution in [2.45, 2.75) is 20.3 Å². The van der Waals surface area contributed by atoms with Gasteiger partial charge in [0.2, 0.25) is 11.8 Å². The molecule has 0 aliphatic carbocycles. The van der Waals surface area contributed by atoms with Crippen LogP contribution in [0.2, 0.25) is 0 Å². The summed E-state index contributed by atoms with van der Waals surface area (Å²) < 4.78 is 0. The molecule has 0 unspecified atom stereocenters. The summed E-state index contributed by atoms with van der Waals surface area (Å²) in [6, 6.07) is 7.05. The molecule has 98 valence electrons. The molecule has 5 heteroatoms. The molecule has 0 radical (unpaired) electrons. The Morgan fingerprint density at radius 2 is 1.83 bits per heavy atom. The fourth-order valence-corrected chi connectivity index (χ4v) is 1.46. The van der Waals surface area contributed by atoms with E-state index in [2.05, 4.69) is 16.0 Å². The van der Waals surface area contributed by atoms with Crippen molar-refractivity contribution in [3.05, 3.63) is 24.3 Å². The van der Waals surface area contributed by atoms with Gasteiger partial charge in [0.05, 0.1) is 6.54 Å². The van der Waals surface area contributed by atoms with Crippen LogP contribution in [0.1, 0.15) is 20.3 Å². The van der Waals surface area contributed by atoms with Gasteiger partial charge in [0.1, 0.15) is 0 Å². The summed E-state index contributed by atoms with van der Waals surface area (Å²) in [5.74, 6) is -0.230. The topological polar surface area (TPSA) is 70.2 Å². The second-order valence-electron chi connectivity index (χ2n) is 3.99. The Balaban J connectivity index is 2.51. The number of carbonyl (C=O) groups excluding carboxylic acids is 2. The van der Waals surface area contributed by atoms with Gasteiger partial charge in [-0.3, -0.25) is 9.59 Å². The number of carbonyl (C=O) groups is 2. The Hall–Kier alpha value is -1.88. The number of benzene rings is 1. The zero-order valence-corrected chi connectivity index (χ0v) is 10.7. The van der Waals surface area contributed by atoms with Crippen LogP contribution in [0.15, 0.2) is 24.3 Å². The van der Waals surface area contributed by atoms with Gasteiger partial charge in [-0.15, -0.1) is 0 Å². The minimum absolute atomic E-state index is 0.0941. The van der Waals surface area contributed by atoms with Crippen LogP contribution >= 0.6 is 0 Å². The molecule has 2 amide bonds. The van der Waals surface area contributed by atoms with Crippen LogP contribution in [0.4, 0.5) is 11.4 Å². The maximum absolute atomic E-state index is 11.6. The number of amides is 2. The van der Waals surface area contributed by atoms with Gasteiger partial charge in [-0.2, -0.15) is 0 Å². The third-order valence-corrected chi connectivity index (χ3v) is 2.18. The summed E-state index contributed by atoms with van der Waals surface area (Å²) in [5.41, 5.74) is 1.34. The summed E-state index contributed by atoms with van der Waals surface area (Å²) in [5, 5.41) is 8.45. The van der Waals surface area contributed by atoms with Gasteiger partial charge in [0, 0.05) is 18.3 Å². The predicted molar refractivity (Wildman–Crippen MR) is 72.5 cm³/mol. The molecule has 0 heterocycles. The highest BCUT2D eigenvalue weighted by molar-refractivity contribution is 5.94. The van der Waals surface area contributed by atoms with Crippen molar-refractivity contribution in [1.82, 2.24) is 5.32 Å². The molecule has 3 N–H and O–H groups in total. The average Bonchev–Trinajstić information content (AvgIpc) is 2.28. The zero-order valence-electron chi connectivity index (χ0n) is 10.7. The van der Waals surface area contributed by atoms with E-state index in [0.29, 0.717) is 11.4 Å². The van der Waals surface area contributed by atoms with E-state index < -0.39 is 0 Å². The Labute approximate surface area is 107 Å². The first-order chi connectivity index (χ1) is 8.61. The van der Waals surface area contributed by atoms with Crippen LogP contribution in [0.5, 0.6) is 0 Å². The van der Waals surface area contributed by atoms with Crippen LogP contribution in [0, 0.1) is 0 Å². The van der Waals surface area contributed by atoms with Crippen molar-refractivity contribution in [3.63, 3.8) is 0 Å². The third kappa shape index (κ3) is 5.45. The maximum Gasteiger partial charge on any atom is 0.238 e. The normalized spacial score (nSPS) is 9.89. The van der Waals surface area contributed by atoms with Gasteiger partial charge in [-0.1, -0.05) is 13.0 Å². The van der Waals surface area contributed by atoms with Crippen LogP contribution < -0.4 is 16.0 Å². The molecule has 0 aromatic heterocycles. The lowest BCUT2D eigenvalue weighted by Gasteiger charge is -2.08. The van der Waals surface area contributed by atoms with Crippen molar-refractivity contribution in [2.24, 2.45) is 0 Å². The van der Waals surface area contributed by atoms with Crippen molar-refractivity contribution in [1.29, 1.82) is 0 Å². The number of rotatable bonds is 6. The van der Waals surface area contributed by atoms with E-state index in [4.69, 9.17) is 0 Å². The molecule has 0 spiro atoms. The summed E-state index contributed by atoms with van der Waals surface area (Å²) in [7, 11) is 0. The predicted octanol–water partition coefficient (Wildman–Crippen LogP) is 1.58. The fourth-order valence-electron chi connectivity index (χ4n) is 1.46. The number of hydrogen-bond donors (Lipinski definition) is 3. The fraction of sp³-hybridized carbons (Fsp3) is 0.385. The lowest BCUT2D eigenvalue weighted by atomic mass is 10.2. The molecule has 0 aliphatic rings. The minimum atomic E-state index is -0.136. The smallest absolute Gasteiger partial charge is 0.238 e. The molecule has 1 aromatic carbocycles. The number of nitrogens with one attached hydrogen (secondary N) is 3. The monoisotopic (exact) mass is 249 g/mol. The molecule has 0 saturated heterocycles. The molecule has 1 aromatic rings. The number of anilines is 2. The third-order valence-electron chi connectivity index (χ3n) is 2.18. The summed E-state index contributed by atoms with van der Waals surface area (Å²) >= 11 is 0. The quantitative estimate of drug-likeness (QED) is 0.670. The standard InChI is InChI=1S/C13H19N3O2/c1-3-7-14-9-13(18)16-12-6-4-5-11(8-12)15-10(2)17/h4-6,8,14H,3,7,9H2,1-2H3,(H,15,17)(H,16,18). The van der Waals surface area contributed by atoms with Crippen LogP contribution in [-0.4, -0.2) is 24.9 Å². The van der Waals surface area contributed by atoms with E-state index in [1.54, 1.807) is 24.3 Å². The maximum atomic E-state index is 11.6. The highest BCUT2D eigenvalue weighted by atomic mass is 16.2. The molecule has 5 nitrogen and oxygen atoms in total. The zero-order chi connectivity index (χ0) is 13.4. The Bertz CT molecular complexity index is 418. The summed E-state index contributed by atoms with van der Waals surface area (Å²) in [6.07, 6.45) is 0.991. The molecule has 1 rings (SSSR count).